The molecule has 8 heteroatoms. The van der Waals surface area contributed by atoms with Crippen LogP contribution in [0.15, 0.2) is 42.5 Å². The van der Waals surface area contributed by atoms with Gasteiger partial charge in [-0.05, 0) is 30.3 Å². The fourth-order valence-corrected chi connectivity index (χ4v) is 1.85. The van der Waals surface area contributed by atoms with E-state index < -0.39 is 10.7 Å². The molecule has 0 aliphatic carbocycles. The van der Waals surface area contributed by atoms with Gasteiger partial charge in [0.2, 0.25) is 0 Å². The maximum atomic E-state index is 13.6. The minimum absolute atomic E-state index is 0.0665. The molecule has 0 unspecified atom stereocenters. The van der Waals surface area contributed by atoms with Crippen molar-refractivity contribution in [2.75, 3.05) is 18.4 Å². The lowest BCUT2D eigenvalue weighted by atomic mass is 10.2. The van der Waals surface area contributed by atoms with Gasteiger partial charge in [0.1, 0.15) is 5.75 Å². The molecule has 0 saturated carbocycles. The zero-order chi connectivity index (χ0) is 16.8. The molecule has 0 fully saturated rings. The van der Waals surface area contributed by atoms with E-state index in [1.165, 1.54) is 36.4 Å². The van der Waals surface area contributed by atoms with Gasteiger partial charge in [-0.15, -0.1) is 0 Å². The van der Waals surface area contributed by atoms with Gasteiger partial charge in [0.05, 0.1) is 16.7 Å². The highest BCUT2D eigenvalue weighted by Crippen LogP contribution is 2.20. The molecule has 7 nitrogen and oxygen atoms in total. The summed E-state index contributed by atoms with van der Waals surface area (Å²) in [6.07, 6.45) is 0. The van der Waals surface area contributed by atoms with E-state index in [0.717, 1.165) is 6.07 Å². The first-order valence-corrected chi connectivity index (χ1v) is 6.72. The van der Waals surface area contributed by atoms with E-state index in [2.05, 4.69) is 10.6 Å². The maximum Gasteiger partial charge on any atom is 0.272 e. The first kappa shape index (κ1) is 16.2. The van der Waals surface area contributed by atoms with Crippen LogP contribution < -0.4 is 10.6 Å². The van der Waals surface area contributed by atoms with Crippen LogP contribution in [0.4, 0.5) is 15.8 Å². The molecule has 120 valence electrons. The second kappa shape index (κ2) is 7.21. The molecule has 0 spiro atoms. The van der Waals surface area contributed by atoms with E-state index in [1.54, 1.807) is 0 Å². The van der Waals surface area contributed by atoms with Crippen molar-refractivity contribution in [1.82, 2.24) is 5.32 Å². The lowest BCUT2D eigenvalue weighted by Gasteiger charge is -2.09. The Balaban J connectivity index is 1.82. The van der Waals surface area contributed by atoms with Gasteiger partial charge in [-0.25, -0.2) is 4.39 Å². The number of nitro benzene ring substituents is 1. The van der Waals surface area contributed by atoms with Crippen molar-refractivity contribution in [2.45, 2.75) is 0 Å². The lowest BCUT2D eigenvalue weighted by Crippen LogP contribution is -2.28. The molecule has 2 aromatic rings. The SMILES string of the molecule is O=C(NCCNc1ccc([N+](=O)[O-])cc1F)c1ccc(O)cc1. The number of phenolic OH excluding ortho intramolecular Hbond substituents is 1. The Morgan fingerprint density at radius 2 is 1.87 bits per heavy atom. The summed E-state index contributed by atoms with van der Waals surface area (Å²) in [4.78, 5) is 21.6. The fourth-order valence-electron chi connectivity index (χ4n) is 1.85. The van der Waals surface area contributed by atoms with Crippen molar-refractivity contribution >= 4 is 17.3 Å². The number of nitro groups is 1. The molecule has 2 rings (SSSR count). The molecule has 0 radical (unpaired) electrons. The molecular formula is C15H14FN3O4. The summed E-state index contributed by atoms with van der Waals surface area (Å²) in [5, 5.41) is 25.0. The first-order chi connectivity index (χ1) is 11.0. The fraction of sp³-hybridized carbons (Fsp3) is 0.133. The molecule has 0 bridgehead atoms. The summed E-state index contributed by atoms with van der Waals surface area (Å²) in [6, 6.07) is 9.06. The van der Waals surface area contributed by atoms with E-state index >= 15 is 0 Å². The number of anilines is 1. The molecule has 0 heterocycles. The average Bonchev–Trinajstić information content (AvgIpc) is 2.53. The van der Waals surface area contributed by atoms with E-state index in [1.807, 2.05) is 0 Å². The van der Waals surface area contributed by atoms with Crippen LogP contribution in [-0.4, -0.2) is 29.0 Å². The van der Waals surface area contributed by atoms with Gasteiger partial charge < -0.3 is 15.7 Å². The van der Waals surface area contributed by atoms with E-state index in [-0.39, 0.29) is 36.1 Å². The maximum absolute atomic E-state index is 13.6. The van der Waals surface area contributed by atoms with E-state index in [4.69, 9.17) is 5.11 Å². The van der Waals surface area contributed by atoms with Gasteiger partial charge in [-0.1, -0.05) is 0 Å². The summed E-state index contributed by atoms with van der Waals surface area (Å²) in [5.41, 5.74) is 0.187. The van der Waals surface area contributed by atoms with Crippen molar-refractivity contribution in [3.63, 3.8) is 0 Å². The third-order valence-corrected chi connectivity index (χ3v) is 3.02. The van der Waals surface area contributed by atoms with Crippen molar-refractivity contribution in [3.8, 4) is 5.75 Å². The Hall–Kier alpha value is -3.16. The number of carbonyl (C=O) groups excluding carboxylic acids is 1. The highest BCUT2D eigenvalue weighted by molar-refractivity contribution is 5.94. The minimum Gasteiger partial charge on any atom is -0.508 e. The number of aromatic hydroxyl groups is 1. The van der Waals surface area contributed by atoms with Gasteiger partial charge in [0.25, 0.3) is 11.6 Å². The highest BCUT2D eigenvalue weighted by atomic mass is 19.1. The smallest absolute Gasteiger partial charge is 0.272 e. The van der Waals surface area contributed by atoms with E-state index in [0.29, 0.717) is 5.56 Å². The van der Waals surface area contributed by atoms with E-state index in [9.17, 15) is 19.3 Å². The van der Waals surface area contributed by atoms with Crippen LogP contribution >= 0.6 is 0 Å². The molecule has 0 aromatic heterocycles. The number of nitrogens with zero attached hydrogens (tertiary/aromatic N) is 1. The average molecular weight is 319 g/mol. The molecule has 23 heavy (non-hydrogen) atoms. The Bertz CT molecular complexity index is 719. The Morgan fingerprint density at radius 3 is 2.48 bits per heavy atom. The number of rotatable bonds is 6. The van der Waals surface area contributed by atoms with Crippen LogP contribution in [0.1, 0.15) is 10.4 Å². The summed E-state index contributed by atoms with van der Waals surface area (Å²) in [7, 11) is 0. The monoisotopic (exact) mass is 319 g/mol. The zero-order valence-electron chi connectivity index (χ0n) is 12.0. The number of halogens is 1. The minimum atomic E-state index is -0.732. The van der Waals surface area contributed by atoms with Crippen LogP contribution in [0.5, 0.6) is 5.75 Å². The second-order valence-corrected chi connectivity index (χ2v) is 4.65. The van der Waals surface area contributed by atoms with Crippen molar-refractivity contribution in [2.24, 2.45) is 0 Å². The molecule has 0 atom stereocenters. The molecular weight excluding hydrogens is 305 g/mol. The molecule has 0 aliphatic rings. The summed E-state index contributed by atoms with van der Waals surface area (Å²) in [5.74, 6) is -0.989. The number of hydrogen-bond acceptors (Lipinski definition) is 5. The molecule has 2 aromatic carbocycles. The van der Waals surface area contributed by atoms with Crippen LogP contribution in [0.3, 0.4) is 0 Å². The van der Waals surface area contributed by atoms with Crippen LogP contribution in [0.25, 0.3) is 0 Å². The van der Waals surface area contributed by atoms with Crippen molar-refractivity contribution in [3.05, 3.63) is 64.0 Å². The topological polar surface area (TPSA) is 104 Å². The molecule has 3 N–H and O–H groups in total. The predicted octanol–water partition coefficient (Wildman–Crippen LogP) is 2.28. The Morgan fingerprint density at radius 1 is 1.17 bits per heavy atom. The number of nitrogens with one attached hydrogen (secondary N) is 2. The summed E-state index contributed by atoms with van der Waals surface area (Å²) in [6.45, 7) is 0.481. The summed E-state index contributed by atoms with van der Waals surface area (Å²) >= 11 is 0. The number of benzene rings is 2. The van der Waals surface area contributed by atoms with Crippen LogP contribution in [0.2, 0.25) is 0 Å². The Kier molecular flexibility index (Phi) is 5.08. The van der Waals surface area contributed by atoms with Gasteiger partial charge in [0.15, 0.2) is 5.82 Å². The number of hydrogen-bond donors (Lipinski definition) is 3. The highest BCUT2D eigenvalue weighted by Gasteiger charge is 2.10. The number of non-ortho nitro benzene ring substituents is 1. The van der Waals surface area contributed by atoms with Gasteiger partial charge >= 0.3 is 0 Å². The molecule has 1 amide bonds. The predicted molar refractivity (Wildman–Crippen MR) is 82.0 cm³/mol. The first-order valence-electron chi connectivity index (χ1n) is 6.72. The van der Waals surface area contributed by atoms with Gasteiger partial charge in [-0.2, -0.15) is 0 Å². The number of carbonyl (C=O) groups is 1. The quantitative estimate of drug-likeness (QED) is 0.430. The van der Waals surface area contributed by atoms with Crippen LogP contribution in [-0.2, 0) is 0 Å². The third kappa shape index (κ3) is 4.40. The van der Waals surface area contributed by atoms with Crippen molar-refractivity contribution in [1.29, 1.82) is 0 Å². The second-order valence-electron chi connectivity index (χ2n) is 4.65. The van der Waals surface area contributed by atoms with Gasteiger partial charge in [0, 0.05) is 24.7 Å². The molecule has 0 aliphatic heterocycles. The van der Waals surface area contributed by atoms with Gasteiger partial charge in [-0.3, -0.25) is 14.9 Å². The standard InChI is InChI=1S/C15H14FN3O4/c16-13-9-11(19(22)23)3-6-14(13)17-7-8-18-15(21)10-1-4-12(20)5-2-10/h1-6,9,17,20H,7-8H2,(H,18,21). The number of phenols is 1. The normalized spacial score (nSPS) is 10.1. The molecule has 0 saturated heterocycles. The Labute approximate surface area is 130 Å². The van der Waals surface area contributed by atoms with Crippen molar-refractivity contribution < 1.29 is 19.2 Å². The number of amides is 1. The largest absolute Gasteiger partial charge is 0.508 e. The van der Waals surface area contributed by atoms with Crippen LogP contribution in [0, 0.1) is 15.9 Å². The zero-order valence-corrected chi connectivity index (χ0v) is 12.0. The lowest BCUT2D eigenvalue weighted by molar-refractivity contribution is -0.385. The third-order valence-electron chi connectivity index (χ3n) is 3.02. The summed E-state index contributed by atoms with van der Waals surface area (Å²) < 4.78 is 13.6.